The molecule has 0 heterocycles. The molecule has 0 saturated carbocycles. The summed E-state index contributed by atoms with van der Waals surface area (Å²) in [5.41, 5.74) is 0.430. The quantitative estimate of drug-likeness (QED) is 0.630. The molecule has 0 spiro atoms. The van der Waals surface area contributed by atoms with Crippen LogP contribution >= 0.6 is 27.5 Å². The molecule has 0 radical (unpaired) electrons. The van der Waals surface area contributed by atoms with Crippen LogP contribution < -0.4 is 0 Å². The zero-order chi connectivity index (χ0) is 12.1. The van der Waals surface area contributed by atoms with E-state index in [9.17, 15) is 9.18 Å². The second-order valence-corrected chi connectivity index (χ2v) is 4.70. The van der Waals surface area contributed by atoms with E-state index in [1.54, 1.807) is 19.1 Å². The van der Waals surface area contributed by atoms with Gasteiger partial charge in [-0.05, 0) is 31.0 Å². The highest BCUT2D eigenvalue weighted by Gasteiger charge is 2.18. The van der Waals surface area contributed by atoms with E-state index in [2.05, 4.69) is 15.9 Å². The van der Waals surface area contributed by atoms with E-state index in [4.69, 9.17) is 16.3 Å². The van der Waals surface area contributed by atoms with Crippen molar-refractivity contribution >= 4 is 33.5 Å². The molecule has 1 aromatic rings. The smallest absolute Gasteiger partial charge is 0.320 e. The maximum atomic E-state index is 13.4. The summed E-state index contributed by atoms with van der Waals surface area (Å²) in [5.74, 6) is -0.807. The fraction of sp³-hybridized carbons (Fsp3) is 0.364. The summed E-state index contributed by atoms with van der Waals surface area (Å²) in [6, 6.07) is 4.37. The van der Waals surface area contributed by atoms with Crippen LogP contribution in [0.2, 0.25) is 5.02 Å². The van der Waals surface area contributed by atoms with Crippen LogP contribution in [0.4, 0.5) is 4.39 Å². The molecule has 1 rings (SSSR count). The standard InChI is InChI=1S/C11H11BrClFO2/c1-2-16-11(15)9(12)5-7-3-4-8(13)6-10(7)14/h3-4,6,9H,2,5H2,1H3. The van der Waals surface area contributed by atoms with Crippen LogP contribution in [0.1, 0.15) is 12.5 Å². The van der Waals surface area contributed by atoms with Crippen LogP contribution in [0.3, 0.4) is 0 Å². The molecule has 1 unspecified atom stereocenters. The summed E-state index contributed by atoms with van der Waals surface area (Å²) in [4.78, 5) is 10.8. The molecule has 1 aromatic carbocycles. The molecule has 0 bridgehead atoms. The number of hydrogen-bond acceptors (Lipinski definition) is 2. The SMILES string of the molecule is CCOC(=O)C(Br)Cc1ccc(Cl)cc1F. The number of esters is 1. The van der Waals surface area contributed by atoms with Gasteiger partial charge >= 0.3 is 5.97 Å². The van der Waals surface area contributed by atoms with Gasteiger partial charge in [-0.2, -0.15) is 0 Å². The van der Waals surface area contributed by atoms with E-state index in [-0.39, 0.29) is 6.42 Å². The first kappa shape index (κ1) is 13.5. The highest BCUT2D eigenvalue weighted by Crippen LogP contribution is 2.18. The minimum absolute atomic E-state index is 0.238. The number of ether oxygens (including phenoxy) is 1. The largest absolute Gasteiger partial charge is 0.465 e. The third-order valence-electron chi connectivity index (χ3n) is 1.96. The molecule has 88 valence electrons. The van der Waals surface area contributed by atoms with Crippen molar-refractivity contribution < 1.29 is 13.9 Å². The van der Waals surface area contributed by atoms with E-state index in [0.717, 1.165) is 0 Å². The third kappa shape index (κ3) is 3.76. The first-order valence-electron chi connectivity index (χ1n) is 4.79. The second-order valence-electron chi connectivity index (χ2n) is 3.16. The Hall–Kier alpha value is -0.610. The van der Waals surface area contributed by atoms with Crippen LogP contribution in [0.5, 0.6) is 0 Å². The third-order valence-corrected chi connectivity index (χ3v) is 2.89. The second kappa shape index (κ2) is 6.21. The molecule has 0 aliphatic carbocycles. The lowest BCUT2D eigenvalue weighted by molar-refractivity contribution is -0.142. The lowest BCUT2D eigenvalue weighted by Gasteiger charge is -2.09. The Morgan fingerprint density at radius 3 is 2.88 bits per heavy atom. The Morgan fingerprint density at radius 2 is 2.31 bits per heavy atom. The number of alkyl halides is 1. The maximum absolute atomic E-state index is 13.4. The normalized spacial score (nSPS) is 12.2. The summed E-state index contributed by atoms with van der Waals surface area (Å²) in [6.07, 6.45) is 0.238. The first-order valence-corrected chi connectivity index (χ1v) is 6.08. The van der Waals surface area contributed by atoms with Gasteiger partial charge in [-0.15, -0.1) is 0 Å². The van der Waals surface area contributed by atoms with Crippen LogP contribution in [0.15, 0.2) is 18.2 Å². The van der Waals surface area contributed by atoms with Gasteiger partial charge < -0.3 is 4.74 Å². The minimum Gasteiger partial charge on any atom is -0.465 e. The Kier molecular flexibility index (Phi) is 5.22. The number of benzene rings is 1. The molecule has 2 nitrogen and oxygen atoms in total. The van der Waals surface area contributed by atoms with Gasteiger partial charge in [-0.1, -0.05) is 33.6 Å². The number of hydrogen-bond donors (Lipinski definition) is 0. The van der Waals surface area contributed by atoms with Gasteiger partial charge in [0.1, 0.15) is 10.6 Å². The predicted octanol–water partition coefficient (Wildman–Crippen LogP) is 3.35. The lowest BCUT2D eigenvalue weighted by Crippen LogP contribution is -2.20. The topological polar surface area (TPSA) is 26.3 Å². The van der Waals surface area contributed by atoms with Crippen molar-refractivity contribution in [2.24, 2.45) is 0 Å². The number of rotatable bonds is 4. The zero-order valence-electron chi connectivity index (χ0n) is 8.67. The first-order chi connectivity index (χ1) is 7.54. The Morgan fingerprint density at radius 1 is 1.62 bits per heavy atom. The Balaban J connectivity index is 2.69. The van der Waals surface area contributed by atoms with Gasteiger partial charge in [0.15, 0.2) is 0 Å². The van der Waals surface area contributed by atoms with Gasteiger partial charge in [0.25, 0.3) is 0 Å². The van der Waals surface area contributed by atoms with E-state index in [1.165, 1.54) is 6.07 Å². The van der Waals surface area contributed by atoms with Crippen molar-refractivity contribution in [1.29, 1.82) is 0 Å². The average molecular weight is 310 g/mol. The monoisotopic (exact) mass is 308 g/mol. The van der Waals surface area contributed by atoms with Crippen molar-refractivity contribution in [3.63, 3.8) is 0 Å². The number of halogens is 3. The van der Waals surface area contributed by atoms with E-state index < -0.39 is 16.6 Å². The molecule has 16 heavy (non-hydrogen) atoms. The van der Waals surface area contributed by atoms with Gasteiger partial charge in [0.05, 0.1) is 6.61 Å². The predicted molar refractivity (Wildman–Crippen MR) is 64.5 cm³/mol. The van der Waals surface area contributed by atoms with Gasteiger partial charge in [0.2, 0.25) is 0 Å². The van der Waals surface area contributed by atoms with Crippen LogP contribution in [0, 0.1) is 5.82 Å². The zero-order valence-corrected chi connectivity index (χ0v) is 11.0. The molecule has 5 heteroatoms. The van der Waals surface area contributed by atoms with Crippen LogP contribution in [-0.4, -0.2) is 17.4 Å². The van der Waals surface area contributed by atoms with Crippen molar-refractivity contribution in [2.75, 3.05) is 6.61 Å². The van der Waals surface area contributed by atoms with E-state index >= 15 is 0 Å². The van der Waals surface area contributed by atoms with E-state index in [0.29, 0.717) is 17.2 Å². The fourth-order valence-corrected chi connectivity index (χ4v) is 1.84. The molecule has 0 aliphatic rings. The molecule has 0 aromatic heterocycles. The summed E-state index contributed by atoms with van der Waals surface area (Å²) < 4.78 is 18.2. The highest BCUT2D eigenvalue weighted by molar-refractivity contribution is 9.10. The van der Waals surface area contributed by atoms with Crippen molar-refractivity contribution in [1.82, 2.24) is 0 Å². The molecule has 0 aliphatic heterocycles. The highest BCUT2D eigenvalue weighted by atomic mass is 79.9. The van der Waals surface area contributed by atoms with Crippen molar-refractivity contribution in [3.05, 3.63) is 34.6 Å². The average Bonchev–Trinajstić information content (AvgIpc) is 2.22. The van der Waals surface area contributed by atoms with Crippen LogP contribution in [-0.2, 0) is 16.0 Å². The number of carbonyl (C=O) groups excluding carboxylic acids is 1. The molecular formula is C11H11BrClFO2. The molecule has 0 amide bonds. The molecule has 0 saturated heterocycles. The summed E-state index contributed by atoms with van der Waals surface area (Å²) in [6.45, 7) is 2.03. The van der Waals surface area contributed by atoms with Gasteiger partial charge in [-0.3, -0.25) is 4.79 Å². The number of carbonyl (C=O) groups is 1. The van der Waals surface area contributed by atoms with Crippen LogP contribution in [0.25, 0.3) is 0 Å². The maximum Gasteiger partial charge on any atom is 0.320 e. The Labute approximate surface area is 107 Å². The minimum atomic E-state index is -0.539. The van der Waals surface area contributed by atoms with Gasteiger partial charge in [-0.25, -0.2) is 4.39 Å². The summed E-state index contributed by atoms with van der Waals surface area (Å²) >= 11 is 8.78. The summed E-state index contributed by atoms with van der Waals surface area (Å²) in [7, 11) is 0. The Bertz CT molecular complexity index is 384. The van der Waals surface area contributed by atoms with Crippen molar-refractivity contribution in [3.8, 4) is 0 Å². The van der Waals surface area contributed by atoms with Crippen molar-refractivity contribution in [2.45, 2.75) is 18.2 Å². The molecule has 1 atom stereocenters. The fourth-order valence-electron chi connectivity index (χ4n) is 1.20. The molecule has 0 fully saturated rings. The molecular weight excluding hydrogens is 298 g/mol. The van der Waals surface area contributed by atoms with Gasteiger partial charge in [0, 0.05) is 5.02 Å². The van der Waals surface area contributed by atoms with E-state index in [1.807, 2.05) is 0 Å². The lowest BCUT2D eigenvalue weighted by atomic mass is 10.1. The summed E-state index contributed by atoms with van der Waals surface area (Å²) in [5, 5.41) is 0.337. The molecule has 0 N–H and O–H groups in total.